The molecule has 15 heavy (non-hydrogen) atoms. The summed E-state index contributed by atoms with van der Waals surface area (Å²) in [7, 11) is 0. The van der Waals surface area contributed by atoms with Gasteiger partial charge in [0.05, 0.1) is 0 Å². The van der Waals surface area contributed by atoms with Crippen LogP contribution in [0.2, 0.25) is 0 Å². The first-order valence-electron chi connectivity index (χ1n) is 3.03. The van der Waals surface area contributed by atoms with Crippen molar-refractivity contribution >= 4 is 17.8 Å². The van der Waals surface area contributed by atoms with E-state index in [1.165, 1.54) is 0 Å². The van der Waals surface area contributed by atoms with Gasteiger partial charge < -0.3 is 0 Å². The molecule has 0 bridgehead atoms. The molecule has 1 aromatic rings. The van der Waals surface area contributed by atoms with Crippen molar-refractivity contribution in [1.29, 1.82) is 0 Å². The van der Waals surface area contributed by atoms with Gasteiger partial charge in [-0.3, -0.25) is 0 Å². The molecule has 0 saturated heterocycles. The molecule has 0 aromatic carbocycles. The van der Waals surface area contributed by atoms with Crippen molar-refractivity contribution in [2.45, 2.75) is 0 Å². The summed E-state index contributed by atoms with van der Waals surface area (Å²) in [5.74, 6) is -4.89. The van der Waals surface area contributed by atoms with Gasteiger partial charge in [-0.15, -0.1) is 0 Å². The fourth-order valence-corrected chi connectivity index (χ4v) is 0.570. The van der Waals surface area contributed by atoms with Gasteiger partial charge >= 0.3 is 0 Å². The number of anilines is 3. The summed E-state index contributed by atoms with van der Waals surface area (Å²) >= 11 is 0. The maximum absolute atomic E-state index is 11.8. The van der Waals surface area contributed by atoms with Crippen LogP contribution in [0.4, 0.5) is 44.7 Å². The van der Waals surface area contributed by atoms with Crippen LogP contribution in [0.1, 0.15) is 0 Å². The number of aromatic nitrogens is 3. The Balaban J connectivity index is 3.20. The Morgan fingerprint density at radius 2 is 0.733 bits per heavy atom. The highest BCUT2D eigenvalue weighted by atomic mass is 19.4. The molecule has 0 aliphatic carbocycles. The molecule has 0 fully saturated rings. The van der Waals surface area contributed by atoms with Crippen LogP contribution in [0, 0.1) is 0 Å². The number of hydrogen-bond donors (Lipinski definition) is 0. The van der Waals surface area contributed by atoms with Gasteiger partial charge in [0, 0.05) is 0 Å². The van der Waals surface area contributed by atoms with E-state index in [2.05, 4.69) is 15.0 Å². The van der Waals surface area contributed by atoms with Gasteiger partial charge in [-0.05, 0) is 16.0 Å². The van der Waals surface area contributed by atoms with Crippen molar-refractivity contribution in [3.05, 3.63) is 0 Å². The molecule has 84 valence electrons. The molecule has 0 saturated carbocycles. The molecular weight excluding hydrogens is 234 g/mol. The van der Waals surface area contributed by atoms with Gasteiger partial charge in [-0.2, -0.15) is 15.0 Å². The predicted octanol–water partition coefficient (Wildman–Crippen LogP) is 1.60. The van der Waals surface area contributed by atoms with Gasteiger partial charge in [0.2, 0.25) is 0 Å². The Morgan fingerprint density at radius 3 is 0.867 bits per heavy atom. The lowest BCUT2D eigenvalue weighted by Gasteiger charge is -2.06. The number of rotatable bonds is 3. The van der Waals surface area contributed by atoms with Crippen LogP contribution in [-0.4, -0.2) is 15.0 Å². The third-order valence-corrected chi connectivity index (χ3v) is 1.05. The van der Waals surface area contributed by atoms with Crippen molar-refractivity contribution in [2.75, 3.05) is 16.0 Å². The fourth-order valence-electron chi connectivity index (χ4n) is 0.570. The van der Waals surface area contributed by atoms with Crippen LogP contribution in [0.15, 0.2) is 0 Å². The lowest BCUT2D eigenvalue weighted by atomic mass is 10.8. The molecular formula is C3F6N6. The van der Waals surface area contributed by atoms with E-state index in [4.69, 9.17) is 0 Å². The molecule has 1 heterocycles. The van der Waals surface area contributed by atoms with Crippen molar-refractivity contribution in [2.24, 2.45) is 0 Å². The number of halogens is 6. The predicted molar refractivity (Wildman–Crippen MR) is 33.9 cm³/mol. The van der Waals surface area contributed by atoms with E-state index in [9.17, 15) is 26.9 Å². The quantitative estimate of drug-likeness (QED) is 0.584. The summed E-state index contributed by atoms with van der Waals surface area (Å²) in [5, 5.41) is -5.41. The molecule has 0 N–H and O–H groups in total. The Morgan fingerprint density at radius 1 is 0.533 bits per heavy atom. The molecule has 0 aliphatic rings. The molecule has 12 heteroatoms. The van der Waals surface area contributed by atoms with Crippen molar-refractivity contribution in [1.82, 2.24) is 15.0 Å². The first kappa shape index (κ1) is 11.1. The molecule has 0 amide bonds. The monoisotopic (exact) mass is 234 g/mol. The zero-order chi connectivity index (χ0) is 11.6. The Hall–Kier alpha value is -2.01. The second-order valence-electron chi connectivity index (χ2n) is 1.93. The van der Waals surface area contributed by atoms with Gasteiger partial charge in [0.25, 0.3) is 17.8 Å². The zero-order valence-corrected chi connectivity index (χ0v) is 6.45. The minimum absolute atomic E-state index is 1.63. The van der Waals surface area contributed by atoms with E-state index < -0.39 is 33.9 Å². The van der Waals surface area contributed by atoms with Crippen LogP contribution < -0.4 is 16.0 Å². The van der Waals surface area contributed by atoms with Gasteiger partial charge in [-0.1, -0.05) is 26.9 Å². The number of nitrogens with zero attached hydrogens (tertiary/aromatic N) is 6. The highest BCUT2D eigenvalue weighted by Gasteiger charge is 2.20. The lowest BCUT2D eigenvalue weighted by Crippen LogP contribution is -2.13. The first-order chi connectivity index (χ1) is 6.91. The van der Waals surface area contributed by atoms with Crippen LogP contribution >= 0.6 is 0 Å². The lowest BCUT2D eigenvalue weighted by molar-refractivity contribution is 0.208. The maximum Gasteiger partial charge on any atom is 0.295 e. The third-order valence-electron chi connectivity index (χ3n) is 1.05. The smallest absolute Gasteiger partial charge is 0.168 e. The molecule has 0 atom stereocenters. The summed E-state index contributed by atoms with van der Waals surface area (Å²) in [6, 6.07) is 0. The van der Waals surface area contributed by atoms with Crippen LogP contribution in [0.25, 0.3) is 0 Å². The summed E-state index contributed by atoms with van der Waals surface area (Å²) in [6.07, 6.45) is 0. The Kier molecular flexibility index (Phi) is 2.96. The molecule has 0 spiro atoms. The van der Waals surface area contributed by atoms with Crippen LogP contribution in [0.5, 0.6) is 0 Å². The Bertz CT molecular complexity index is 277. The SMILES string of the molecule is FN(F)c1nc(N(F)F)nc(N(F)F)n1. The van der Waals surface area contributed by atoms with Crippen molar-refractivity contribution in [3.63, 3.8) is 0 Å². The molecule has 0 aliphatic heterocycles. The van der Waals surface area contributed by atoms with Gasteiger partial charge in [0.1, 0.15) is 0 Å². The highest BCUT2D eigenvalue weighted by molar-refractivity contribution is 5.39. The molecule has 0 radical (unpaired) electrons. The summed E-state index contributed by atoms with van der Waals surface area (Å²) in [4.78, 5) is 7.45. The van der Waals surface area contributed by atoms with E-state index in [1.807, 2.05) is 0 Å². The minimum atomic E-state index is -1.80. The highest BCUT2D eigenvalue weighted by Crippen LogP contribution is 2.20. The van der Waals surface area contributed by atoms with Gasteiger partial charge in [0.15, 0.2) is 0 Å². The van der Waals surface area contributed by atoms with Crippen molar-refractivity contribution < 1.29 is 26.9 Å². The fraction of sp³-hybridized carbons (Fsp3) is 0. The molecule has 1 rings (SSSR count). The Labute approximate surface area is 77.0 Å². The van der Waals surface area contributed by atoms with E-state index in [0.717, 1.165) is 0 Å². The normalized spacial score (nSPS) is 10.0. The standard InChI is InChI=1S/C3F6N6/c4-13(5)1-10-2(14(6)7)12-3(11-1)15(8)9. The van der Waals surface area contributed by atoms with E-state index in [-0.39, 0.29) is 0 Å². The minimum Gasteiger partial charge on any atom is -0.168 e. The second-order valence-corrected chi connectivity index (χ2v) is 1.93. The second kappa shape index (κ2) is 4.02. The van der Waals surface area contributed by atoms with E-state index >= 15 is 0 Å². The number of hydrogen-bond acceptors (Lipinski definition) is 6. The van der Waals surface area contributed by atoms with Crippen LogP contribution in [-0.2, 0) is 0 Å². The topological polar surface area (TPSA) is 48.4 Å². The molecule has 6 nitrogen and oxygen atoms in total. The van der Waals surface area contributed by atoms with Gasteiger partial charge in [-0.25, -0.2) is 0 Å². The van der Waals surface area contributed by atoms with E-state index in [1.54, 1.807) is 0 Å². The summed E-state index contributed by atoms with van der Waals surface area (Å²) in [5.41, 5.74) is 0. The summed E-state index contributed by atoms with van der Waals surface area (Å²) < 4.78 is 70.8. The molecule has 1 aromatic heterocycles. The van der Waals surface area contributed by atoms with E-state index in [0.29, 0.717) is 0 Å². The zero-order valence-electron chi connectivity index (χ0n) is 6.45. The molecule has 0 unspecified atom stereocenters. The average Bonchev–Trinajstić information content (AvgIpc) is 2.16. The first-order valence-corrected chi connectivity index (χ1v) is 3.03. The summed E-state index contributed by atoms with van der Waals surface area (Å²) in [6.45, 7) is 0. The third kappa shape index (κ3) is 2.47. The maximum atomic E-state index is 11.8. The largest absolute Gasteiger partial charge is 0.295 e. The van der Waals surface area contributed by atoms with Crippen molar-refractivity contribution in [3.8, 4) is 0 Å². The van der Waals surface area contributed by atoms with Crippen LogP contribution in [0.3, 0.4) is 0 Å². The average molecular weight is 234 g/mol.